The number of carbonyl (C=O) groups excluding carboxylic acids is 2. The zero-order valence-corrected chi connectivity index (χ0v) is 9.47. The van der Waals surface area contributed by atoms with Crippen molar-refractivity contribution in [3.05, 3.63) is 12.2 Å². The lowest BCUT2D eigenvalue weighted by Gasteiger charge is -2.14. The van der Waals surface area contributed by atoms with E-state index < -0.39 is 37.2 Å². The molecule has 0 aromatic carbocycles. The highest BCUT2D eigenvalue weighted by molar-refractivity contribution is 5.87. The molecular formula is C10H13F3O4. The second kappa shape index (κ2) is 6.27. The van der Waals surface area contributed by atoms with Crippen LogP contribution < -0.4 is 0 Å². The summed E-state index contributed by atoms with van der Waals surface area (Å²) in [6.07, 6.45) is -7.08. The predicted molar refractivity (Wildman–Crippen MR) is 52.0 cm³/mol. The number of hydrogen-bond donors (Lipinski definition) is 0. The number of carbonyl (C=O) groups is 2. The van der Waals surface area contributed by atoms with Gasteiger partial charge in [-0.3, -0.25) is 4.79 Å². The van der Waals surface area contributed by atoms with Crippen LogP contribution >= 0.6 is 0 Å². The van der Waals surface area contributed by atoms with Gasteiger partial charge in [0.15, 0.2) is 0 Å². The lowest BCUT2D eigenvalue weighted by atomic mass is 10.3. The van der Waals surface area contributed by atoms with Gasteiger partial charge in [0.05, 0.1) is 0 Å². The molecule has 0 spiro atoms. The summed E-state index contributed by atoms with van der Waals surface area (Å²) in [5, 5.41) is 0. The summed E-state index contributed by atoms with van der Waals surface area (Å²) in [6, 6.07) is 0. The van der Waals surface area contributed by atoms with E-state index in [9.17, 15) is 22.8 Å². The number of ether oxygens (including phenoxy) is 2. The largest absolute Gasteiger partial charge is 0.461 e. The molecule has 98 valence electrons. The van der Waals surface area contributed by atoms with E-state index in [4.69, 9.17) is 4.74 Å². The molecule has 1 unspecified atom stereocenters. The van der Waals surface area contributed by atoms with Crippen molar-refractivity contribution in [2.24, 2.45) is 0 Å². The molecule has 0 radical (unpaired) electrons. The van der Waals surface area contributed by atoms with Crippen molar-refractivity contribution in [1.29, 1.82) is 0 Å². The normalized spacial score (nSPS) is 12.8. The number of halogens is 3. The Morgan fingerprint density at radius 3 is 2.29 bits per heavy atom. The highest BCUT2D eigenvalue weighted by atomic mass is 19.4. The molecule has 0 saturated carbocycles. The van der Waals surface area contributed by atoms with Crippen molar-refractivity contribution in [1.82, 2.24) is 0 Å². The number of rotatable bonds is 5. The zero-order valence-electron chi connectivity index (χ0n) is 9.47. The summed E-state index contributed by atoms with van der Waals surface area (Å²) in [7, 11) is 0. The third-order valence-electron chi connectivity index (χ3n) is 1.48. The van der Waals surface area contributed by atoms with Gasteiger partial charge in [-0.15, -0.1) is 0 Å². The van der Waals surface area contributed by atoms with E-state index in [-0.39, 0.29) is 5.57 Å². The van der Waals surface area contributed by atoms with Gasteiger partial charge in [0.25, 0.3) is 0 Å². The Kier molecular flexibility index (Phi) is 5.70. The number of hydrogen-bond acceptors (Lipinski definition) is 4. The monoisotopic (exact) mass is 254 g/mol. The Labute approximate surface area is 96.4 Å². The van der Waals surface area contributed by atoms with Crippen molar-refractivity contribution >= 4 is 11.9 Å². The van der Waals surface area contributed by atoms with Crippen molar-refractivity contribution < 1.29 is 32.2 Å². The standard InChI is InChI=1S/C10H13F3O4/c1-6(2)9(15)17-7(3)5-16-8(14)4-10(11,12)13/h7H,1,4-5H2,2-3H3. The van der Waals surface area contributed by atoms with E-state index >= 15 is 0 Å². The maximum Gasteiger partial charge on any atom is 0.399 e. The molecule has 0 heterocycles. The Morgan fingerprint density at radius 1 is 1.35 bits per heavy atom. The maximum absolute atomic E-state index is 11.7. The third-order valence-corrected chi connectivity index (χ3v) is 1.48. The van der Waals surface area contributed by atoms with Gasteiger partial charge in [0.2, 0.25) is 0 Å². The molecule has 0 aliphatic heterocycles. The van der Waals surface area contributed by atoms with E-state index in [1.807, 2.05) is 0 Å². The molecular weight excluding hydrogens is 241 g/mol. The van der Waals surface area contributed by atoms with Gasteiger partial charge < -0.3 is 9.47 Å². The summed E-state index contributed by atoms with van der Waals surface area (Å²) < 4.78 is 44.2. The molecule has 0 fully saturated rings. The first-order valence-electron chi connectivity index (χ1n) is 4.70. The molecule has 1 atom stereocenters. The molecule has 0 bridgehead atoms. The molecule has 0 aromatic rings. The molecule has 0 rings (SSSR count). The molecule has 4 nitrogen and oxygen atoms in total. The summed E-state index contributed by atoms with van der Waals surface area (Å²) in [5.74, 6) is -2.10. The van der Waals surface area contributed by atoms with Crippen LogP contribution in [0.5, 0.6) is 0 Å². The van der Waals surface area contributed by atoms with Gasteiger partial charge in [-0.05, 0) is 13.8 Å². The smallest absolute Gasteiger partial charge is 0.399 e. The summed E-state index contributed by atoms with van der Waals surface area (Å²) >= 11 is 0. The quantitative estimate of drug-likeness (QED) is 0.556. The fraction of sp³-hybridized carbons (Fsp3) is 0.600. The molecule has 17 heavy (non-hydrogen) atoms. The molecule has 0 N–H and O–H groups in total. The maximum atomic E-state index is 11.7. The van der Waals surface area contributed by atoms with Crippen LogP contribution in [0.4, 0.5) is 13.2 Å². The van der Waals surface area contributed by atoms with Gasteiger partial charge in [-0.1, -0.05) is 6.58 Å². The average Bonchev–Trinajstić information content (AvgIpc) is 2.11. The molecule has 0 aliphatic rings. The average molecular weight is 254 g/mol. The van der Waals surface area contributed by atoms with Crippen molar-refractivity contribution in [3.63, 3.8) is 0 Å². The van der Waals surface area contributed by atoms with E-state index in [2.05, 4.69) is 11.3 Å². The van der Waals surface area contributed by atoms with Crippen molar-refractivity contribution in [2.75, 3.05) is 6.61 Å². The Hall–Kier alpha value is -1.53. The highest BCUT2D eigenvalue weighted by Gasteiger charge is 2.32. The van der Waals surface area contributed by atoms with Crippen LogP contribution in [0.15, 0.2) is 12.2 Å². The third kappa shape index (κ3) is 8.29. The van der Waals surface area contributed by atoms with Crippen LogP contribution in [0.2, 0.25) is 0 Å². The topological polar surface area (TPSA) is 52.6 Å². The fourth-order valence-corrected chi connectivity index (χ4v) is 0.742. The van der Waals surface area contributed by atoms with E-state index in [1.165, 1.54) is 13.8 Å². The minimum atomic E-state index is -4.60. The molecule has 0 aromatic heterocycles. The van der Waals surface area contributed by atoms with E-state index in [1.54, 1.807) is 0 Å². The second-order valence-electron chi connectivity index (χ2n) is 3.47. The van der Waals surface area contributed by atoms with Gasteiger partial charge in [-0.2, -0.15) is 13.2 Å². The summed E-state index contributed by atoms with van der Waals surface area (Å²) in [6.45, 7) is 5.71. The lowest BCUT2D eigenvalue weighted by Crippen LogP contribution is -2.24. The molecule has 7 heteroatoms. The Bertz CT molecular complexity index is 309. The molecule has 0 saturated heterocycles. The highest BCUT2D eigenvalue weighted by Crippen LogP contribution is 2.19. The first-order valence-corrected chi connectivity index (χ1v) is 4.70. The first kappa shape index (κ1) is 15.5. The summed E-state index contributed by atoms with van der Waals surface area (Å²) in [4.78, 5) is 21.7. The van der Waals surface area contributed by atoms with Gasteiger partial charge in [0.1, 0.15) is 19.1 Å². The molecule has 0 aliphatic carbocycles. The van der Waals surface area contributed by atoms with Gasteiger partial charge in [0, 0.05) is 5.57 Å². The van der Waals surface area contributed by atoms with Crippen LogP contribution in [0, 0.1) is 0 Å². The SMILES string of the molecule is C=C(C)C(=O)OC(C)COC(=O)CC(F)(F)F. The fourth-order valence-electron chi connectivity index (χ4n) is 0.742. The van der Waals surface area contributed by atoms with Gasteiger partial charge in [-0.25, -0.2) is 4.79 Å². The minimum absolute atomic E-state index is 0.151. The predicted octanol–water partition coefficient (Wildman–Crippen LogP) is 1.99. The second-order valence-corrected chi connectivity index (χ2v) is 3.47. The summed E-state index contributed by atoms with van der Waals surface area (Å²) in [5.41, 5.74) is 0.151. The van der Waals surface area contributed by atoms with Crippen LogP contribution in [-0.2, 0) is 19.1 Å². The number of alkyl halides is 3. The Balaban J connectivity index is 3.92. The zero-order chi connectivity index (χ0) is 13.6. The molecule has 0 amide bonds. The number of esters is 2. The van der Waals surface area contributed by atoms with Crippen LogP contribution in [0.3, 0.4) is 0 Å². The van der Waals surface area contributed by atoms with E-state index in [0.717, 1.165) is 0 Å². The van der Waals surface area contributed by atoms with Crippen LogP contribution in [0.1, 0.15) is 20.3 Å². The minimum Gasteiger partial charge on any atom is -0.461 e. The van der Waals surface area contributed by atoms with E-state index in [0.29, 0.717) is 0 Å². The van der Waals surface area contributed by atoms with Crippen molar-refractivity contribution in [2.45, 2.75) is 32.5 Å². The Morgan fingerprint density at radius 2 is 1.88 bits per heavy atom. The first-order chi connectivity index (χ1) is 7.61. The van der Waals surface area contributed by atoms with Crippen LogP contribution in [-0.4, -0.2) is 30.8 Å². The van der Waals surface area contributed by atoms with Crippen molar-refractivity contribution in [3.8, 4) is 0 Å². The van der Waals surface area contributed by atoms with Gasteiger partial charge >= 0.3 is 18.1 Å². The lowest BCUT2D eigenvalue weighted by molar-refractivity contribution is -0.175. The van der Waals surface area contributed by atoms with Crippen LogP contribution in [0.25, 0.3) is 0 Å².